The Morgan fingerprint density at radius 2 is 1.52 bits per heavy atom. The highest BCUT2D eigenvalue weighted by molar-refractivity contribution is 5.63. The van der Waals surface area contributed by atoms with Crippen LogP contribution in [0, 0.1) is 5.92 Å². The van der Waals surface area contributed by atoms with Crippen molar-refractivity contribution in [3.63, 3.8) is 0 Å². The van der Waals surface area contributed by atoms with Crippen LogP contribution in [0.2, 0.25) is 0 Å². The highest BCUT2D eigenvalue weighted by Gasteiger charge is 2.10. The molecule has 1 heterocycles. The van der Waals surface area contributed by atoms with Gasteiger partial charge in [0, 0.05) is 11.9 Å². The molecule has 0 amide bonds. The first-order valence-corrected chi connectivity index (χ1v) is 12.8. The molecule has 0 fully saturated rings. The van der Waals surface area contributed by atoms with E-state index in [2.05, 4.69) is 37.9 Å². The smallest absolute Gasteiger partial charge is 0.163 e. The molecule has 0 aliphatic carbocycles. The standard InChI is InChI=1S/C28H44N2O/c1-4-6-7-8-9-10-11-12-13-14-17-25-20-22-29-28(30-25)26-18-15-16-19-27(26)31-23-21-24(3)5-2/h15-16,18-20,22,24H,4-14,17,21,23H2,1-3H3. The first-order valence-electron chi connectivity index (χ1n) is 12.8. The summed E-state index contributed by atoms with van der Waals surface area (Å²) >= 11 is 0. The third kappa shape index (κ3) is 10.3. The second-order valence-corrected chi connectivity index (χ2v) is 8.95. The lowest BCUT2D eigenvalue weighted by Crippen LogP contribution is -2.04. The first-order chi connectivity index (χ1) is 15.2. The lowest BCUT2D eigenvalue weighted by atomic mass is 10.1. The quantitative estimate of drug-likeness (QED) is 0.239. The van der Waals surface area contributed by atoms with Gasteiger partial charge in [0.1, 0.15) is 5.75 Å². The van der Waals surface area contributed by atoms with Crippen molar-refractivity contribution in [2.75, 3.05) is 6.61 Å². The first kappa shape index (κ1) is 25.4. The number of para-hydroxylation sites is 1. The van der Waals surface area contributed by atoms with Crippen molar-refractivity contribution in [3.8, 4) is 17.1 Å². The number of hydrogen-bond acceptors (Lipinski definition) is 3. The second kappa shape index (κ2) is 15.8. The fourth-order valence-electron chi connectivity index (χ4n) is 3.81. The predicted molar refractivity (Wildman–Crippen MR) is 133 cm³/mol. The van der Waals surface area contributed by atoms with Gasteiger partial charge in [-0.05, 0) is 43.4 Å². The van der Waals surface area contributed by atoms with Crippen LogP contribution >= 0.6 is 0 Å². The Bertz CT molecular complexity index is 716. The molecule has 3 heteroatoms. The van der Waals surface area contributed by atoms with Crippen molar-refractivity contribution in [2.24, 2.45) is 5.92 Å². The van der Waals surface area contributed by atoms with E-state index in [4.69, 9.17) is 9.72 Å². The van der Waals surface area contributed by atoms with Crippen molar-refractivity contribution >= 4 is 0 Å². The average Bonchev–Trinajstić information content (AvgIpc) is 2.80. The molecule has 3 nitrogen and oxygen atoms in total. The molecule has 2 rings (SSSR count). The van der Waals surface area contributed by atoms with E-state index in [9.17, 15) is 0 Å². The SMILES string of the molecule is CCCCCCCCCCCCc1ccnc(-c2ccccc2OCCC(C)CC)n1. The van der Waals surface area contributed by atoms with Crippen molar-refractivity contribution < 1.29 is 4.74 Å². The molecule has 0 bridgehead atoms. The summed E-state index contributed by atoms with van der Waals surface area (Å²) in [7, 11) is 0. The molecule has 0 radical (unpaired) electrons. The van der Waals surface area contributed by atoms with E-state index in [0.29, 0.717) is 5.92 Å². The minimum absolute atomic E-state index is 0.688. The van der Waals surface area contributed by atoms with Crippen molar-refractivity contribution in [2.45, 2.75) is 104 Å². The van der Waals surface area contributed by atoms with E-state index in [1.165, 1.54) is 70.6 Å². The number of hydrogen-bond donors (Lipinski definition) is 0. The van der Waals surface area contributed by atoms with Crippen LogP contribution in [0.15, 0.2) is 36.5 Å². The molecule has 0 N–H and O–H groups in total. The highest BCUT2D eigenvalue weighted by Crippen LogP contribution is 2.27. The molecule has 0 aliphatic heterocycles. The Morgan fingerprint density at radius 1 is 0.839 bits per heavy atom. The van der Waals surface area contributed by atoms with Gasteiger partial charge in [0.2, 0.25) is 0 Å². The Balaban J connectivity index is 1.76. The number of nitrogens with zero attached hydrogens (tertiary/aromatic N) is 2. The maximum atomic E-state index is 6.09. The van der Waals surface area contributed by atoms with E-state index in [1.54, 1.807) is 0 Å². The third-order valence-corrected chi connectivity index (χ3v) is 6.19. The van der Waals surface area contributed by atoms with E-state index in [1.807, 2.05) is 24.4 Å². The van der Waals surface area contributed by atoms with Gasteiger partial charge in [-0.1, -0.05) is 97.1 Å². The van der Waals surface area contributed by atoms with E-state index >= 15 is 0 Å². The molecule has 0 saturated heterocycles. The number of aromatic nitrogens is 2. The van der Waals surface area contributed by atoms with Crippen molar-refractivity contribution in [1.82, 2.24) is 9.97 Å². The van der Waals surface area contributed by atoms with Gasteiger partial charge >= 0.3 is 0 Å². The molecular formula is C28H44N2O. The maximum absolute atomic E-state index is 6.09. The molecule has 0 saturated carbocycles. The van der Waals surface area contributed by atoms with Gasteiger partial charge in [0.05, 0.1) is 12.2 Å². The van der Waals surface area contributed by atoms with Crippen LogP contribution in [0.4, 0.5) is 0 Å². The zero-order valence-corrected chi connectivity index (χ0v) is 20.2. The number of rotatable bonds is 17. The highest BCUT2D eigenvalue weighted by atomic mass is 16.5. The molecule has 1 aromatic heterocycles. The summed E-state index contributed by atoms with van der Waals surface area (Å²) in [4.78, 5) is 9.39. The van der Waals surface area contributed by atoms with Gasteiger partial charge < -0.3 is 4.74 Å². The fraction of sp³-hybridized carbons (Fsp3) is 0.643. The molecule has 0 aliphatic rings. The Labute approximate surface area is 191 Å². The Hall–Kier alpha value is -1.90. The van der Waals surface area contributed by atoms with E-state index in [-0.39, 0.29) is 0 Å². The molecule has 1 unspecified atom stereocenters. The summed E-state index contributed by atoms with van der Waals surface area (Å²) in [6, 6.07) is 10.2. The summed E-state index contributed by atoms with van der Waals surface area (Å²) in [6.45, 7) is 7.52. The summed E-state index contributed by atoms with van der Waals surface area (Å²) in [6.07, 6.45) is 18.8. The largest absolute Gasteiger partial charge is 0.493 e. The number of benzene rings is 1. The number of ether oxygens (including phenoxy) is 1. The van der Waals surface area contributed by atoms with E-state index in [0.717, 1.165) is 42.3 Å². The molecule has 0 spiro atoms. The van der Waals surface area contributed by atoms with Gasteiger partial charge in [0.25, 0.3) is 0 Å². The van der Waals surface area contributed by atoms with Crippen LogP contribution in [0.5, 0.6) is 5.75 Å². The minimum Gasteiger partial charge on any atom is -0.493 e. The third-order valence-electron chi connectivity index (χ3n) is 6.19. The van der Waals surface area contributed by atoms with Crippen molar-refractivity contribution in [1.29, 1.82) is 0 Å². The summed E-state index contributed by atoms with van der Waals surface area (Å²) < 4.78 is 6.09. The summed E-state index contributed by atoms with van der Waals surface area (Å²) in [5, 5.41) is 0. The Morgan fingerprint density at radius 3 is 2.23 bits per heavy atom. The lowest BCUT2D eigenvalue weighted by molar-refractivity contribution is 0.282. The molecule has 172 valence electrons. The van der Waals surface area contributed by atoms with Gasteiger partial charge in [-0.15, -0.1) is 0 Å². The van der Waals surface area contributed by atoms with Crippen LogP contribution in [-0.2, 0) is 6.42 Å². The fourth-order valence-corrected chi connectivity index (χ4v) is 3.81. The van der Waals surface area contributed by atoms with Crippen LogP contribution < -0.4 is 4.74 Å². The number of unbranched alkanes of at least 4 members (excludes halogenated alkanes) is 9. The zero-order valence-electron chi connectivity index (χ0n) is 20.2. The number of aryl methyl sites for hydroxylation is 1. The molecular weight excluding hydrogens is 380 g/mol. The molecule has 31 heavy (non-hydrogen) atoms. The zero-order chi connectivity index (χ0) is 22.2. The van der Waals surface area contributed by atoms with Gasteiger partial charge in [0.15, 0.2) is 5.82 Å². The monoisotopic (exact) mass is 424 g/mol. The van der Waals surface area contributed by atoms with Crippen molar-refractivity contribution in [3.05, 3.63) is 42.2 Å². The van der Waals surface area contributed by atoms with Gasteiger partial charge in [-0.2, -0.15) is 0 Å². The maximum Gasteiger partial charge on any atom is 0.163 e. The molecule has 2 aromatic rings. The lowest BCUT2D eigenvalue weighted by Gasteiger charge is -2.13. The predicted octanol–water partition coefficient (Wildman–Crippen LogP) is 8.42. The minimum atomic E-state index is 0.688. The summed E-state index contributed by atoms with van der Waals surface area (Å²) in [5.74, 6) is 2.36. The second-order valence-electron chi connectivity index (χ2n) is 8.95. The van der Waals surface area contributed by atoms with E-state index < -0.39 is 0 Å². The average molecular weight is 425 g/mol. The van der Waals surface area contributed by atoms with Crippen LogP contribution in [0.3, 0.4) is 0 Å². The van der Waals surface area contributed by atoms with Crippen LogP contribution in [-0.4, -0.2) is 16.6 Å². The van der Waals surface area contributed by atoms with Crippen LogP contribution in [0.1, 0.15) is 104 Å². The van der Waals surface area contributed by atoms with Gasteiger partial charge in [-0.3, -0.25) is 0 Å². The molecule has 1 atom stereocenters. The molecule has 1 aromatic carbocycles. The van der Waals surface area contributed by atoms with Gasteiger partial charge in [-0.25, -0.2) is 9.97 Å². The van der Waals surface area contributed by atoms with Crippen LogP contribution in [0.25, 0.3) is 11.4 Å². The summed E-state index contributed by atoms with van der Waals surface area (Å²) in [5.41, 5.74) is 2.13. The normalized spacial score (nSPS) is 12.1. The Kier molecular flexibility index (Phi) is 13.0. The topological polar surface area (TPSA) is 35.0 Å².